The molecule has 0 radical (unpaired) electrons. The van der Waals surface area contributed by atoms with E-state index in [1.807, 2.05) is 66.7 Å². The lowest BCUT2D eigenvalue weighted by Gasteiger charge is -2.07. The molecule has 0 amide bonds. The highest BCUT2D eigenvalue weighted by atomic mass is 14.9. The molecule has 3 nitrogen and oxygen atoms in total. The number of nitrogens with zero attached hydrogens (tertiary/aromatic N) is 1. The van der Waals surface area contributed by atoms with Gasteiger partial charge in [0.05, 0.1) is 11.4 Å². The van der Waals surface area contributed by atoms with E-state index in [4.69, 9.17) is 10.7 Å². The first-order valence-electron chi connectivity index (χ1n) is 11.7. The summed E-state index contributed by atoms with van der Waals surface area (Å²) >= 11 is 0. The standard InChI is InChI=1S/C32H27N3/c33-28-14-10-26(11-15-28)22-24-6-8-25(9-7-24)23-27-12-16-30(17-13-27)35-32-20-18-31(19-21-32)34-29-4-2-1-3-5-29/h1-21,23,34H,22,33H2. The van der Waals surface area contributed by atoms with Crippen LogP contribution in [-0.2, 0) is 6.42 Å². The maximum absolute atomic E-state index is 5.78. The number of aliphatic imine (C=N–C) groups is 1. The Morgan fingerprint density at radius 3 is 1.89 bits per heavy atom. The number of nitrogens with one attached hydrogen (secondary N) is 1. The molecule has 1 aliphatic carbocycles. The van der Waals surface area contributed by atoms with Crippen molar-refractivity contribution in [1.29, 1.82) is 0 Å². The van der Waals surface area contributed by atoms with E-state index < -0.39 is 0 Å². The van der Waals surface area contributed by atoms with Crippen LogP contribution >= 0.6 is 0 Å². The lowest BCUT2D eigenvalue weighted by Crippen LogP contribution is -1.93. The Morgan fingerprint density at radius 2 is 1.23 bits per heavy atom. The van der Waals surface area contributed by atoms with Crippen molar-refractivity contribution in [2.24, 2.45) is 4.99 Å². The lowest BCUT2D eigenvalue weighted by atomic mass is 10.0. The Hall–Kier alpha value is -4.63. The van der Waals surface area contributed by atoms with Gasteiger partial charge in [-0.2, -0.15) is 0 Å². The highest BCUT2D eigenvalue weighted by molar-refractivity contribution is 6.07. The minimum Gasteiger partial charge on any atom is -0.399 e. The summed E-state index contributed by atoms with van der Waals surface area (Å²) in [5, 5.41) is 3.39. The molecular formula is C32H27N3. The van der Waals surface area contributed by atoms with Crippen molar-refractivity contribution in [2.45, 2.75) is 6.42 Å². The van der Waals surface area contributed by atoms with E-state index in [-0.39, 0.29) is 0 Å². The monoisotopic (exact) mass is 453 g/mol. The third-order valence-electron chi connectivity index (χ3n) is 5.78. The van der Waals surface area contributed by atoms with Crippen LogP contribution in [0.3, 0.4) is 0 Å². The average Bonchev–Trinajstić information content (AvgIpc) is 2.89. The van der Waals surface area contributed by atoms with Crippen molar-refractivity contribution in [1.82, 2.24) is 0 Å². The van der Waals surface area contributed by atoms with E-state index in [0.717, 1.165) is 40.5 Å². The predicted octanol–water partition coefficient (Wildman–Crippen LogP) is 7.89. The number of para-hydroxylation sites is 1. The van der Waals surface area contributed by atoms with Crippen molar-refractivity contribution < 1.29 is 0 Å². The Kier molecular flexibility index (Phi) is 6.67. The van der Waals surface area contributed by atoms with Crippen molar-refractivity contribution in [2.75, 3.05) is 11.1 Å². The predicted molar refractivity (Wildman–Crippen MR) is 150 cm³/mol. The van der Waals surface area contributed by atoms with Gasteiger partial charge in [-0.1, -0.05) is 66.7 Å². The second kappa shape index (κ2) is 10.5. The van der Waals surface area contributed by atoms with Crippen molar-refractivity contribution in [3.63, 3.8) is 0 Å². The lowest BCUT2D eigenvalue weighted by molar-refractivity contribution is 1.19. The molecule has 0 fully saturated rings. The van der Waals surface area contributed by atoms with Gasteiger partial charge in [-0.25, -0.2) is 4.99 Å². The topological polar surface area (TPSA) is 50.4 Å². The number of hydrogen-bond donors (Lipinski definition) is 2. The summed E-state index contributed by atoms with van der Waals surface area (Å²) < 4.78 is 0. The first kappa shape index (κ1) is 22.2. The molecule has 3 heteroatoms. The molecule has 35 heavy (non-hydrogen) atoms. The molecule has 0 aliphatic heterocycles. The van der Waals surface area contributed by atoms with Gasteiger partial charge in [0.25, 0.3) is 0 Å². The molecule has 170 valence electrons. The molecule has 0 spiro atoms. The van der Waals surface area contributed by atoms with Gasteiger partial charge in [-0.15, -0.1) is 0 Å². The Bertz CT molecular complexity index is 1370. The van der Waals surface area contributed by atoms with Gasteiger partial charge >= 0.3 is 0 Å². The molecule has 0 atom stereocenters. The highest BCUT2D eigenvalue weighted by Gasteiger charge is 2.01. The van der Waals surface area contributed by atoms with E-state index in [1.165, 1.54) is 16.7 Å². The summed E-state index contributed by atoms with van der Waals surface area (Å²) in [6.07, 6.45) is 11.4. The second-order valence-electron chi connectivity index (χ2n) is 8.55. The summed E-state index contributed by atoms with van der Waals surface area (Å²) in [4.78, 5) is 4.74. The molecule has 0 unspecified atom stereocenters. The van der Waals surface area contributed by atoms with Crippen molar-refractivity contribution in [3.05, 3.63) is 150 Å². The van der Waals surface area contributed by atoms with Gasteiger partial charge in [0.2, 0.25) is 0 Å². The fraction of sp³-hybridized carbons (Fsp3) is 0.0312. The van der Waals surface area contributed by atoms with Crippen LogP contribution in [0.25, 0.3) is 6.08 Å². The van der Waals surface area contributed by atoms with Gasteiger partial charge in [-0.3, -0.25) is 0 Å². The third-order valence-corrected chi connectivity index (χ3v) is 5.78. The van der Waals surface area contributed by atoms with Crippen LogP contribution in [0.5, 0.6) is 0 Å². The molecule has 0 heterocycles. The molecule has 1 aliphatic rings. The fourth-order valence-corrected chi connectivity index (χ4v) is 3.90. The maximum atomic E-state index is 5.78. The first-order chi connectivity index (χ1) is 17.2. The summed E-state index contributed by atoms with van der Waals surface area (Å²) in [6, 6.07) is 35.0. The molecule has 0 bridgehead atoms. The largest absolute Gasteiger partial charge is 0.399 e. The maximum Gasteiger partial charge on any atom is 0.0638 e. The van der Waals surface area contributed by atoms with Crippen LogP contribution in [0.1, 0.15) is 16.7 Å². The normalized spacial score (nSPS) is 12.5. The van der Waals surface area contributed by atoms with Crippen LogP contribution in [0, 0.1) is 0 Å². The number of rotatable bonds is 6. The van der Waals surface area contributed by atoms with Gasteiger partial charge in [0, 0.05) is 17.1 Å². The van der Waals surface area contributed by atoms with Crippen LogP contribution < -0.4 is 11.1 Å². The van der Waals surface area contributed by atoms with Crippen LogP contribution in [-0.4, -0.2) is 5.71 Å². The van der Waals surface area contributed by atoms with Crippen molar-refractivity contribution in [3.8, 4) is 0 Å². The van der Waals surface area contributed by atoms with E-state index in [2.05, 4.69) is 72.1 Å². The van der Waals surface area contributed by atoms with E-state index >= 15 is 0 Å². The van der Waals surface area contributed by atoms with Gasteiger partial charge in [0.1, 0.15) is 0 Å². The molecule has 0 saturated carbocycles. The van der Waals surface area contributed by atoms with Gasteiger partial charge in [0.15, 0.2) is 0 Å². The van der Waals surface area contributed by atoms with Crippen molar-refractivity contribution >= 4 is 34.5 Å². The third kappa shape index (κ3) is 6.24. The molecule has 4 aromatic rings. The average molecular weight is 454 g/mol. The smallest absolute Gasteiger partial charge is 0.0638 e. The second-order valence-corrected chi connectivity index (χ2v) is 8.55. The van der Waals surface area contributed by atoms with Crippen LogP contribution in [0.4, 0.5) is 22.7 Å². The summed E-state index contributed by atoms with van der Waals surface area (Å²) in [7, 11) is 0. The van der Waals surface area contributed by atoms with Crippen LogP contribution in [0.15, 0.2) is 138 Å². The molecule has 4 aromatic carbocycles. The molecule has 0 saturated heterocycles. The van der Waals surface area contributed by atoms with Gasteiger partial charge < -0.3 is 11.1 Å². The number of benzene rings is 4. The minimum atomic E-state index is 0.798. The first-order valence-corrected chi connectivity index (χ1v) is 11.7. The summed E-state index contributed by atoms with van der Waals surface area (Å²) in [5.41, 5.74) is 15.4. The Balaban J connectivity index is 1.19. The highest BCUT2D eigenvalue weighted by Crippen LogP contribution is 2.22. The minimum absolute atomic E-state index is 0.798. The molecule has 5 rings (SSSR count). The molecule has 3 N–H and O–H groups in total. The fourth-order valence-electron chi connectivity index (χ4n) is 3.90. The SMILES string of the molecule is Nc1ccc(Cc2ccc(C=C3C=CC(=Nc4ccc(Nc5ccccc5)cc4)C=C3)cc2)cc1. The number of hydrogen-bond acceptors (Lipinski definition) is 3. The van der Waals surface area contributed by atoms with E-state index in [1.54, 1.807) is 0 Å². The number of anilines is 3. The zero-order valence-electron chi connectivity index (χ0n) is 19.4. The van der Waals surface area contributed by atoms with Crippen LogP contribution in [0.2, 0.25) is 0 Å². The molecule has 0 aromatic heterocycles. The Labute approximate surface area is 206 Å². The van der Waals surface area contributed by atoms with E-state index in [9.17, 15) is 0 Å². The number of nitrogens with two attached hydrogens (primary N) is 1. The Morgan fingerprint density at radius 1 is 0.629 bits per heavy atom. The number of nitrogen functional groups attached to an aromatic ring is 1. The van der Waals surface area contributed by atoms with E-state index in [0.29, 0.717) is 0 Å². The van der Waals surface area contributed by atoms with Gasteiger partial charge in [-0.05, 0) is 95.4 Å². The zero-order valence-corrected chi connectivity index (χ0v) is 19.4. The quantitative estimate of drug-likeness (QED) is 0.292. The summed E-state index contributed by atoms with van der Waals surface area (Å²) in [6.45, 7) is 0. The number of allylic oxidation sites excluding steroid dienone is 5. The molecular weight excluding hydrogens is 426 g/mol. The zero-order chi connectivity index (χ0) is 23.9. The summed E-state index contributed by atoms with van der Waals surface area (Å²) in [5.74, 6) is 0.